The van der Waals surface area contributed by atoms with Crippen molar-refractivity contribution in [3.8, 4) is 0 Å². The van der Waals surface area contributed by atoms with Gasteiger partial charge in [-0.3, -0.25) is 4.79 Å². The van der Waals surface area contributed by atoms with Crippen LogP contribution in [-0.2, 0) is 4.79 Å². The fourth-order valence-corrected chi connectivity index (χ4v) is 2.97. The van der Waals surface area contributed by atoms with E-state index in [0.29, 0.717) is 37.8 Å². The van der Waals surface area contributed by atoms with Crippen LogP contribution in [0.5, 0.6) is 0 Å². The largest absolute Gasteiger partial charge is 0.333 e. The van der Waals surface area contributed by atoms with Crippen LogP contribution in [0.2, 0.25) is 0 Å². The number of hydrogen-bond donors (Lipinski definition) is 1. The average Bonchev–Trinajstić information content (AvgIpc) is 2.88. The number of rotatable bonds is 6. The van der Waals surface area contributed by atoms with E-state index in [1.165, 1.54) is 0 Å². The number of nitrogens with one attached hydrogen (secondary N) is 1. The van der Waals surface area contributed by atoms with Crippen LogP contribution in [0.4, 0.5) is 10.5 Å². The molecule has 1 heterocycles. The number of amides is 3. The van der Waals surface area contributed by atoms with E-state index in [0.717, 1.165) is 11.3 Å². The van der Waals surface area contributed by atoms with Crippen LogP contribution in [-0.4, -0.2) is 54.3 Å². The number of alkyl halides is 2. The molecule has 0 unspecified atom stereocenters. The first-order valence-electron chi connectivity index (χ1n) is 7.59. The third-order valence-corrected chi connectivity index (χ3v) is 4.13. The molecular formula is C16H21Cl2N3O2. The van der Waals surface area contributed by atoms with Gasteiger partial charge in [0.05, 0.1) is 6.04 Å². The molecule has 1 N–H and O–H groups in total. The molecule has 0 bridgehead atoms. The van der Waals surface area contributed by atoms with Crippen LogP contribution in [0.25, 0.3) is 0 Å². The maximum atomic E-state index is 12.2. The quantitative estimate of drug-likeness (QED) is 0.795. The summed E-state index contributed by atoms with van der Waals surface area (Å²) < 4.78 is 0. The predicted octanol–water partition coefficient (Wildman–Crippen LogP) is 2.59. The summed E-state index contributed by atoms with van der Waals surface area (Å²) in [5, 5.41) is 2.90. The monoisotopic (exact) mass is 357 g/mol. The molecule has 1 aromatic rings. The van der Waals surface area contributed by atoms with Crippen LogP contribution >= 0.6 is 23.2 Å². The van der Waals surface area contributed by atoms with Crippen LogP contribution in [0.1, 0.15) is 12.0 Å². The fourth-order valence-electron chi connectivity index (χ4n) is 2.56. The van der Waals surface area contributed by atoms with Crippen molar-refractivity contribution >= 4 is 40.8 Å². The number of halogens is 2. The molecule has 0 aromatic heterocycles. The zero-order valence-electron chi connectivity index (χ0n) is 13.1. The number of urea groups is 1. The second-order valence-corrected chi connectivity index (χ2v) is 6.31. The molecule has 126 valence electrons. The van der Waals surface area contributed by atoms with Gasteiger partial charge in [0, 0.05) is 43.5 Å². The lowest BCUT2D eigenvalue weighted by molar-refractivity contribution is -0.117. The van der Waals surface area contributed by atoms with Gasteiger partial charge in [0.2, 0.25) is 5.91 Å². The smallest absolute Gasteiger partial charge is 0.317 e. The SMILES string of the molecule is Cc1ccc(N2C[C@@H](NC(=O)N(CCCl)CCCl)CC2=O)cc1. The van der Waals surface area contributed by atoms with Gasteiger partial charge in [-0.1, -0.05) is 17.7 Å². The number of benzene rings is 1. The second-order valence-electron chi connectivity index (χ2n) is 5.56. The van der Waals surface area contributed by atoms with Crippen molar-refractivity contribution in [2.45, 2.75) is 19.4 Å². The highest BCUT2D eigenvalue weighted by atomic mass is 35.5. The molecule has 1 atom stereocenters. The van der Waals surface area contributed by atoms with Gasteiger partial charge >= 0.3 is 6.03 Å². The molecule has 1 aromatic carbocycles. The molecule has 0 saturated carbocycles. The number of nitrogens with zero attached hydrogens (tertiary/aromatic N) is 2. The zero-order chi connectivity index (χ0) is 16.8. The number of carbonyl (C=O) groups excluding carboxylic acids is 2. The van der Waals surface area contributed by atoms with Gasteiger partial charge in [-0.25, -0.2) is 4.79 Å². The number of hydrogen-bond acceptors (Lipinski definition) is 2. The normalized spacial score (nSPS) is 17.4. The molecule has 3 amide bonds. The van der Waals surface area contributed by atoms with Gasteiger partial charge in [0.25, 0.3) is 0 Å². The standard InChI is InChI=1S/C16H21Cl2N3O2/c1-12-2-4-14(5-3-12)21-11-13(10-15(21)22)19-16(23)20(8-6-17)9-7-18/h2-5,13H,6-11H2,1H3,(H,19,23)/t13-/m0/s1. The molecule has 7 heteroatoms. The Labute approximate surface area is 146 Å². The zero-order valence-corrected chi connectivity index (χ0v) is 14.6. The molecule has 2 rings (SSSR count). The van der Waals surface area contributed by atoms with Crippen molar-refractivity contribution in [3.63, 3.8) is 0 Å². The Morgan fingerprint density at radius 1 is 1.26 bits per heavy atom. The Bertz CT molecular complexity index is 545. The Kier molecular flexibility index (Phi) is 6.54. The maximum absolute atomic E-state index is 12.2. The van der Waals surface area contributed by atoms with Gasteiger partial charge in [0.1, 0.15) is 0 Å². The van der Waals surface area contributed by atoms with E-state index in [9.17, 15) is 9.59 Å². The highest BCUT2D eigenvalue weighted by Gasteiger charge is 2.32. The molecule has 0 aliphatic carbocycles. The van der Waals surface area contributed by atoms with E-state index >= 15 is 0 Å². The van der Waals surface area contributed by atoms with Crippen LogP contribution in [0.15, 0.2) is 24.3 Å². The first-order chi connectivity index (χ1) is 11.0. The molecule has 1 fully saturated rings. The van der Waals surface area contributed by atoms with Crippen LogP contribution in [0, 0.1) is 6.92 Å². The van der Waals surface area contributed by atoms with Crippen molar-refractivity contribution in [3.05, 3.63) is 29.8 Å². The van der Waals surface area contributed by atoms with Crippen molar-refractivity contribution in [2.24, 2.45) is 0 Å². The van der Waals surface area contributed by atoms with Gasteiger partial charge in [-0.05, 0) is 19.1 Å². The van der Waals surface area contributed by atoms with E-state index in [2.05, 4.69) is 5.32 Å². The van der Waals surface area contributed by atoms with Gasteiger partial charge < -0.3 is 15.1 Å². The minimum absolute atomic E-state index is 0.0142. The molecule has 0 spiro atoms. The summed E-state index contributed by atoms with van der Waals surface area (Å²) >= 11 is 11.4. The lowest BCUT2D eigenvalue weighted by Gasteiger charge is -2.23. The average molecular weight is 358 g/mol. The summed E-state index contributed by atoms with van der Waals surface area (Å²) in [6, 6.07) is 7.35. The Morgan fingerprint density at radius 3 is 2.43 bits per heavy atom. The molecular weight excluding hydrogens is 337 g/mol. The Morgan fingerprint density at radius 2 is 1.87 bits per heavy atom. The highest BCUT2D eigenvalue weighted by molar-refractivity contribution is 6.18. The molecule has 1 aliphatic heterocycles. The minimum Gasteiger partial charge on any atom is -0.333 e. The second kappa shape index (κ2) is 8.41. The summed E-state index contributed by atoms with van der Waals surface area (Å²) in [5.41, 5.74) is 2.00. The van der Waals surface area contributed by atoms with Crippen molar-refractivity contribution in [2.75, 3.05) is 36.3 Å². The molecule has 1 saturated heterocycles. The fraction of sp³-hybridized carbons (Fsp3) is 0.500. The third kappa shape index (κ3) is 4.75. The number of aryl methyl sites for hydroxylation is 1. The summed E-state index contributed by atoms with van der Waals surface area (Å²) in [6.45, 7) is 3.34. The maximum Gasteiger partial charge on any atom is 0.317 e. The summed E-state index contributed by atoms with van der Waals surface area (Å²) in [4.78, 5) is 27.7. The first kappa shape index (κ1) is 17.9. The van der Waals surface area contributed by atoms with Gasteiger partial charge in [-0.15, -0.1) is 23.2 Å². The predicted molar refractivity (Wildman–Crippen MR) is 93.5 cm³/mol. The summed E-state index contributed by atoms with van der Waals surface area (Å²) in [5.74, 6) is 0.715. The van der Waals surface area contributed by atoms with E-state index in [1.54, 1.807) is 9.80 Å². The topological polar surface area (TPSA) is 52.7 Å². The molecule has 1 aliphatic rings. The Balaban J connectivity index is 1.96. The van der Waals surface area contributed by atoms with Crippen LogP contribution < -0.4 is 10.2 Å². The van der Waals surface area contributed by atoms with Crippen LogP contribution in [0.3, 0.4) is 0 Å². The van der Waals surface area contributed by atoms with E-state index in [1.807, 2.05) is 31.2 Å². The summed E-state index contributed by atoms with van der Waals surface area (Å²) in [7, 11) is 0. The van der Waals surface area contributed by atoms with E-state index in [4.69, 9.17) is 23.2 Å². The van der Waals surface area contributed by atoms with Crippen molar-refractivity contribution in [1.29, 1.82) is 0 Å². The Hall–Kier alpha value is -1.46. The minimum atomic E-state index is -0.227. The molecule has 5 nitrogen and oxygen atoms in total. The van der Waals surface area contributed by atoms with E-state index < -0.39 is 0 Å². The number of carbonyl (C=O) groups is 2. The first-order valence-corrected chi connectivity index (χ1v) is 8.66. The van der Waals surface area contributed by atoms with E-state index in [-0.39, 0.29) is 18.0 Å². The third-order valence-electron chi connectivity index (χ3n) is 3.79. The van der Waals surface area contributed by atoms with Crippen molar-refractivity contribution < 1.29 is 9.59 Å². The van der Waals surface area contributed by atoms with Gasteiger partial charge in [0.15, 0.2) is 0 Å². The molecule has 23 heavy (non-hydrogen) atoms. The summed E-state index contributed by atoms with van der Waals surface area (Å²) in [6.07, 6.45) is 0.301. The van der Waals surface area contributed by atoms with Crippen molar-refractivity contribution in [1.82, 2.24) is 10.2 Å². The lowest BCUT2D eigenvalue weighted by atomic mass is 10.2. The molecule has 0 radical (unpaired) electrons. The van der Waals surface area contributed by atoms with Gasteiger partial charge in [-0.2, -0.15) is 0 Å². The lowest BCUT2D eigenvalue weighted by Crippen LogP contribution is -2.47. The number of anilines is 1. The highest BCUT2D eigenvalue weighted by Crippen LogP contribution is 2.22.